The van der Waals surface area contributed by atoms with Crippen LogP contribution in [0.5, 0.6) is 0 Å². The molecule has 1 N–H and O–H groups in total. The van der Waals surface area contributed by atoms with Crippen LogP contribution in [0, 0.1) is 0 Å². The average Bonchev–Trinajstić information content (AvgIpc) is 2.81. The fourth-order valence-electron chi connectivity index (χ4n) is 1.41. The number of thiophene rings is 1. The first kappa shape index (κ1) is 13.2. The van der Waals surface area contributed by atoms with E-state index in [-0.39, 0.29) is 5.91 Å². The minimum absolute atomic E-state index is 0.118. The highest BCUT2D eigenvalue weighted by atomic mass is 79.9. The van der Waals surface area contributed by atoms with E-state index < -0.39 is 0 Å². The molecule has 5 heteroatoms. The lowest BCUT2D eigenvalue weighted by Crippen LogP contribution is -2.11. The molecule has 3 nitrogen and oxygen atoms in total. The minimum atomic E-state index is -0.118. The van der Waals surface area contributed by atoms with Crippen molar-refractivity contribution in [2.24, 2.45) is 0 Å². The number of hydrogen-bond acceptors (Lipinski definition) is 3. The number of rotatable bonds is 3. The Morgan fingerprint density at radius 1 is 1.44 bits per heavy atom. The third-order valence-corrected chi connectivity index (χ3v) is 4.12. The molecule has 0 aliphatic heterocycles. The summed E-state index contributed by atoms with van der Waals surface area (Å²) >= 11 is 4.91. The van der Waals surface area contributed by atoms with Gasteiger partial charge < -0.3 is 5.32 Å². The van der Waals surface area contributed by atoms with E-state index in [9.17, 15) is 4.79 Å². The summed E-state index contributed by atoms with van der Waals surface area (Å²) in [5.74, 6) is 0.885. The highest BCUT2D eigenvalue weighted by molar-refractivity contribution is 9.10. The van der Waals surface area contributed by atoms with Crippen LogP contribution >= 0.6 is 27.3 Å². The van der Waals surface area contributed by atoms with Crippen LogP contribution in [0.15, 0.2) is 34.2 Å². The van der Waals surface area contributed by atoms with Crippen molar-refractivity contribution in [3.8, 4) is 0 Å². The Morgan fingerprint density at radius 2 is 2.22 bits per heavy atom. The van der Waals surface area contributed by atoms with E-state index in [4.69, 9.17) is 0 Å². The number of aromatic nitrogens is 1. The SMILES string of the molecule is CC(C)c1cc(C(=O)Nc2ccc(Br)cn2)cs1. The number of carbonyl (C=O) groups is 1. The first-order valence-corrected chi connectivity index (χ1v) is 7.25. The largest absolute Gasteiger partial charge is 0.307 e. The molecular formula is C13H13BrN2OS. The molecule has 2 rings (SSSR count). The summed E-state index contributed by atoms with van der Waals surface area (Å²) in [6, 6.07) is 5.54. The number of nitrogens with zero attached hydrogens (tertiary/aromatic N) is 1. The van der Waals surface area contributed by atoms with Crippen LogP contribution < -0.4 is 5.32 Å². The molecule has 0 spiro atoms. The highest BCUT2D eigenvalue weighted by Gasteiger charge is 2.11. The first-order valence-electron chi connectivity index (χ1n) is 5.57. The van der Waals surface area contributed by atoms with Crippen molar-refractivity contribution in [2.75, 3.05) is 5.32 Å². The molecule has 2 aromatic rings. The maximum atomic E-state index is 12.0. The van der Waals surface area contributed by atoms with Crippen molar-refractivity contribution in [3.63, 3.8) is 0 Å². The van der Waals surface area contributed by atoms with Crippen LogP contribution in [0.3, 0.4) is 0 Å². The molecule has 0 saturated carbocycles. The monoisotopic (exact) mass is 324 g/mol. The van der Waals surface area contributed by atoms with Gasteiger partial charge in [-0.1, -0.05) is 13.8 Å². The van der Waals surface area contributed by atoms with Crippen LogP contribution in [0.1, 0.15) is 35.0 Å². The Hall–Kier alpha value is -1.20. The van der Waals surface area contributed by atoms with Gasteiger partial charge in [0.25, 0.3) is 5.91 Å². The lowest BCUT2D eigenvalue weighted by atomic mass is 10.1. The van der Waals surface area contributed by atoms with E-state index in [1.54, 1.807) is 23.6 Å². The van der Waals surface area contributed by atoms with Gasteiger partial charge >= 0.3 is 0 Å². The van der Waals surface area contributed by atoms with Crippen LogP contribution in [0.25, 0.3) is 0 Å². The van der Waals surface area contributed by atoms with E-state index in [1.807, 2.05) is 17.5 Å². The second kappa shape index (κ2) is 5.63. The van der Waals surface area contributed by atoms with E-state index in [0.717, 1.165) is 4.47 Å². The number of hydrogen-bond donors (Lipinski definition) is 1. The van der Waals surface area contributed by atoms with Gasteiger partial charge in [0.2, 0.25) is 0 Å². The predicted molar refractivity (Wildman–Crippen MR) is 78.3 cm³/mol. The third-order valence-electron chi connectivity index (χ3n) is 2.42. The van der Waals surface area contributed by atoms with Crippen molar-refractivity contribution >= 4 is 39.0 Å². The van der Waals surface area contributed by atoms with Gasteiger partial charge in [-0.2, -0.15) is 0 Å². The normalized spacial score (nSPS) is 10.7. The van der Waals surface area contributed by atoms with E-state index >= 15 is 0 Å². The summed E-state index contributed by atoms with van der Waals surface area (Å²) in [5, 5.41) is 4.65. The summed E-state index contributed by atoms with van der Waals surface area (Å²) in [7, 11) is 0. The molecule has 0 aliphatic rings. The Labute approximate surface area is 118 Å². The topological polar surface area (TPSA) is 42.0 Å². The summed E-state index contributed by atoms with van der Waals surface area (Å²) in [5.41, 5.74) is 0.688. The van der Waals surface area contributed by atoms with Crippen LogP contribution in [0.2, 0.25) is 0 Å². The molecular weight excluding hydrogens is 312 g/mol. The van der Waals surface area contributed by atoms with Gasteiger partial charge in [0.05, 0.1) is 5.56 Å². The number of amides is 1. The van der Waals surface area contributed by atoms with Gasteiger partial charge in [-0.25, -0.2) is 4.98 Å². The molecule has 0 bridgehead atoms. The standard InChI is InChI=1S/C13H13BrN2OS/c1-8(2)11-5-9(7-18-11)13(17)16-12-4-3-10(14)6-15-12/h3-8H,1-2H3,(H,15,16,17). The predicted octanol–water partition coefficient (Wildman–Crippen LogP) is 4.28. The molecule has 0 radical (unpaired) electrons. The Kier molecular flexibility index (Phi) is 4.14. The summed E-state index contributed by atoms with van der Waals surface area (Å²) in [4.78, 5) is 17.3. The zero-order valence-corrected chi connectivity index (χ0v) is 12.5. The quantitative estimate of drug-likeness (QED) is 0.915. The van der Waals surface area contributed by atoms with Crippen LogP contribution in [0.4, 0.5) is 5.82 Å². The van der Waals surface area contributed by atoms with Crippen molar-refractivity contribution in [2.45, 2.75) is 19.8 Å². The summed E-state index contributed by atoms with van der Waals surface area (Å²) < 4.78 is 0.887. The second-order valence-corrected chi connectivity index (χ2v) is 6.07. The van der Waals surface area contributed by atoms with Gasteiger partial charge in [0.1, 0.15) is 5.82 Å². The molecule has 1 amide bonds. The molecule has 0 aromatic carbocycles. The third kappa shape index (κ3) is 3.17. The summed E-state index contributed by atoms with van der Waals surface area (Å²) in [6.45, 7) is 4.23. The van der Waals surface area contributed by atoms with Gasteiger partial charge in [-0.05, 0) is 40.0 Å². The number of carbonyl (C=O) groups excluding carboxylic acids is 1. The van der Waals surface area contributed by atoms with Gasteiger partial charge in [-0.3, -0.25) is 4.79 Å². The van der Waals surface area contributed by atoms with Crippen molar-refractivity contribution in [1.29, 1.82) is 0 Å². The zero-order valence-electron chi connectivity index (χ0n) is 10.1. The van der Waals surface area contributed by atoms with Crippen molar-refractivity contribution in [3.05, 3.63) is 44.7 Å². The molecule has 0 aliphatic carbocycles. The molecule has 2 heterocycles. The lowest BCUT2D eigenvalue weighted by molar-refractivity contribution is 0.102. The van der Waals surface area contributed by atoms with Gasteiger partial charge in [0, 0.05) is 20.9 Å². The molecule has 94 valence electrons. The first-order chi connectivity index (χ1) is 8.56. The fourth-order valence-corrected chi connectivity index (χ4v) is 2.55. The molecule has 2 aromatic heterocycles. The second-order valence-electron chi connectivity index (χ2n) is 4.21. The number of anilines is 1. The zero-order chi connectivity index (χ0) is 13.1. The summed E-state index contributed by atoms with van der Waals surface area (Å²) in [6.07, 6.45) is 1.66. The average molecular weight is 325 g/mol. The van der Waals surface area contributed by atoms with E-state index in [0.29, 0.717) is 17.3 Å². The Bertz CT molecular complexity index is 548. The van der Waals surface area contributed by atoms with E-state index in [2.05, 4.69) is 40.1 Å². The minimum Gasteiger partial charge on any atom is -0.307 e. The Balaban J connectivity index is 2.09. The highest BCUT2D eigenvalue weighted by Crippen LogP contribution is 2.23. The number of nitrogens with one attached hydrogen (secondary N) is 1. The maximum Gasteiger partial charge on any atom is 0.257 e. The van der Waals surface area contributed by atoms with E-state index in [1.165, 1.54) is 4.88 Å². The molecule has 0 atom stereocenters. The molecule has 18 heavy (non-hydrogen) atoms. The van der Waals surface area contributed by atoms with Crippen molar-refractivity contribution < 1.29 is 4.79 Å². The maximum absolute atomic E-state index is 12.0. The Morgan fingerprint density at radius 3 is 2.78 bits per heavy atom. The van der Waals surface area contributed by atoms with Crippen molar-refractivity contribution in [1.82, 2.24) is 4.98 Å². The fraction of sp³-hybridized carbons (Fsp3) is 0.231. The molecule has 0 saturated heterocycles. The van der Waals surface area contributed by atoms with Crippen LogP contribution in [-0.2, 0) is 0 Å². The smallest absolute Gasteiger partial charge is 0.257 e. The lowest BCUT2D eigenvalue weighted by Gasteiger charge is -2.02. The van der Waals surface area contributed by atoms with Gasteiger partial charge in [0.15, 0.2) is 0 Å². The number of halogens is 1. The molecule has 0 unspecified atom stereocenters. The molecule has 0 fully saturated rings. The van der Waals surface area contributed by atoms with Gasteiger partial charge in [-0.15, -0.1) is 11.3 Å². The number of pyridine rings is 1. The van der Waals surface area contributed by atoms with Crippen LogP contribution in [-0.4, -0.2) is 10.9 Å².